The number of rotatable bonds is 6. The fraction of sp³-hybridized carbons (Fsp3) is 0.833. The molecule has 0 unspecified atom stereocenters. The zero-order chi connectivity index (χ0) is 15.0. The Balaban J connectivity index is 2.38. The average Bonchev–Trinajstić information content (AvgIpc) is 2.66. The molecule has 0 heterocycles. The highest BCUT2D eigenvalue weighted by Crippen LogP contribution is 2.26. The number of carbonyl (C=O) groups is 1. The van der Waals surface area contributed by atoms with Crippen LogP contribution in [0.4, 0.5) is 0 Å². The number of hydrogen-bond donors (Lipinski definition) is 0. The van der Waals surface area contributed by atoms with Gasteiger partial charge in [0, 0.05) is 20.0 Å². The normalized spacial score (nSPS) is 19.2. The molecule has 1 aliphatic carbocycles. The lowest BCUT2D eigenvalue weighted by Gasteiger charge is -2.22. The molecule has 0 saturated heterocycles. The summed E-state index contributed by atoms with van der Waals surface area (Å²) in [6.07, 6.45) is 15.1. The van der Waals surface area contributed by atoms with Gasteiger partial charge in [-0.25, -0.2) is 0 Å². The smallest absolute Gasteiger partial charge is 0.225 e. The van der Waals surface area contributed by atoms with Crippen LogP contribution >= 0.6 is 0 Å². The molecule has 0 radical (unpaired) electrons. The van der Waals surface area contributed by atoms with Crippen LogP contribution in [-0.2, 0) is 4.79 Å². The lowest BCUT2D eigenvalue weighted by atomic mass is 9.90. The van der Waals surface area contributed by atoms with E-state index in [9.17, 15) is 4.79 Å². The summed E-state index contributed by atoms with van der Waals surface area (Å²) in [7, 11) is 3.71. The van der Waals surface area contributed by atoms with Gasteiger partial charge >= 0.3 is 0 Å². The van der Waals surface area contributed by atoms with E-state index in [0.29, 0.717) is 5.92 Å². The van der Waals surface area contributed by atoms with Crippen LogP contribution in [0.1, 0.15) is 65.2 Å². The summed E-state index contributed by atoms with van der Waals surface area (Å²) in [6.45, 7) is 4.29. The zero-order valence-corrected chi connectivity index (χ0v) is 13.9. The maximum Gasteiger partial charge on any atom is 0.225 e. The third-order valence-corrected chi connectivity index (χ3v) is 4.56. The van der Waals surface area contributed by atoms with E-state index in [1.807, 2.05) is 14.1 Å². The van der Waals surface area contributed by atoms with Crippen LogP contribution in [0.3, 0.4) is 0 Å². The second-order valence-electron chi connectivity index (χ2n) is 6.88. The molecule has 1 fully saturated rings. The van der Waals surface area contributed by atoms with Crippen LogP contribution in [0, 0.1) is 17.8 Å². The van der Waals surface area contributed by atoms with Gasteiger partial charge < -0.3 is 4.90 Å². The number of allylic oxidation sites excluding steroid dienone is 2. The van der Waals surface area contributed by atoms with Gasteiger partial charge in [0.1, 0.15) is 0 Å². The van der Waals surface area contributed by atoms with Gasteiger partial charge in [0.2, 0.25) is 5.91 Å². The van der Waals surface area contributed by atoms with Gasteiger partial charge in [-0.1, -0.05) is 64.5 Å². The minimum Gasteiger partial charge on any atom is -0.349 e. The molecule has 0 bridgehead atoms. The first-order valence-electron chi connectivity index (χ1n) is 8.38. The maximum atomic E-state index is 12.1. The third-order valence-electron chi connectivity index (χ3n) is 4.56. The van der Waals surface area contributed by atoms with Crippen LogP contribution in [0.15, 0.2) is 12.2 Å². The zero-order valence-electron chi connectivity index (χ0n) is 13.9. The summed E-state index contributed by atoms with van der Waals surface area (Å²) in [4.78, 5) is 13.8. The molecule has 1 aliphatic rings. The van der Waals surface area contributed by atoms with Crippen molar-refractivity contribution in [2.75, 3.05) is 14.1 Å². The fourth-order valence-corrected chi connectivity index (χ4v) is 3.12. The van der Waals surface area contributed by atoms with E-state index in [1.165, 1.54) is 44.9 Å². The van der Waals surface area contributed by atoms with Crippen molar-refractivity contribution in [2.45, 2.75) is 65.2 Å². The van der Waals surface area contributed by atoms with Crippen molar-refractivity contribution in [1.82, 2.24) is 4.90 Å². The van der Waals surface area contributed by atoms with E-state index in [-0.39, 0.29) is 11.8 Å². The molecule has 1 saturated carbocycles. The first kappa shape index (κ1) is 17.3. The second-order valence-corrected chi connectivity index (χ2v) is 6.88. The first-order valence-corrected chi connectivity index (χ1v) is 8.38. The summed E-state index contributed by atoms with van der Waals surface area (Å²) in [6, 6.07) is 0. The monoisotopic (exact) mass is 279 g/mol. The third kappa shape index (κ3) is 6.11. The van der Waals surface area contributed by atoms with Gasteiger partial charge in [0.25, 0.3) is 0 Å². The Labute approximate surface area is 125 Å². The Morgan fingerprint density at radius 3 is 2.20 bits per heavy atom. The standard InChI is InChI=1S/C18H33NO/c1-15(2)17(18(20)19(3)4)14-10-9-13-16-11-7-5-6-8-12-16/h9-10,15-17H,5-8,11-14H2,1-4H3/t17-/m0/s1. The van der Waals surface area contributed by atoms with Crippen LogP contribution < -0.4 is 0 Å². The topological polar surface area (TPSA) is 20.3 Å². The molecular formula is C18H33NO. The number of amides is 1. The van der Waals surface area contributed by atoms with Crippen molar-refractivity contribution in [3.63, 3.8) is 0 Å². The minimum atomic E-state index is 0.135. The molecule has 0 aliphatic heterocycles. The molecule has 0 N–H and O–H groups in total. The second kappa shape index (κ2) is 9.20. The Morgan fingerprint density at radius 2 is 1.70 bits per heavy atom. The van der Waals surface area contributed by atoms with Crippen molar-refractivity contribution in [2.24, 2.45) is 17.8 Å². The molecule has 1 amide bonds. The van der Waals surface area contributed by atoms with Crippen molar-refractivity contribution in [1.29, 1.82) is 0 Å². The molecule has 0 aromatic rings. The molecule has 2 heteroatoms. The molecule has 116 valence electrons. The van der Waals surface area contributed by atoms with Crippen molar-refractivity contribution < 1.29 is 4.79 Å². The van der Waals surface area contributed by atoms with Crippen molar-refractivity contribution >= 4 is 5.91 Å². The molecule has 2 nitrogen and oxygen atoms in total. The lowest BCUT2D eigenvalue weighted by Crippen LogP contribution is -2.32. The van der Waals surface area contributed by atoms with Crippen LogP contribution in [0.25, 0.3) is 0 Å². The summed E-state index contributed by atoms with van der Waals surface area (Å²) in [5.74, 6) is 1.69. The highest BCUT2D eigenvalue weighted by molar-refractivity contribution is 5.78. The Bertz CT molecular complexity index is 299. The minimum absolute atomic E-state index is 0.135. The number of nitrogens with zero attached hydrogens (tertiary/aromatic N) is 1. The van der Waals surface area contributed by atoms with Crippen LogP contribution in [0.2, 0.25) is 0 Å². The predicted molar refractivity (Wildman–Crippen MR) is 86.6 cm³/mol. The predicted octanol–water partition coefficient (Wildman–Crippen LogP) is 4.65. The van der Waals surface area contributed by atoms with Gasteiger partial charge in [0.15, 0.2) is 0 Å². The summed E-state index contributed by atoms with van der Waals surface area (Å²) >= 11 is 0. The SMILES string of the molecule is CC(C)[C@H](CC=CCC1CCCCCC1)C(=O)N(C)C. The fourth-order valence-electron chi connectivity index (χ4n) is 3.12. The molecule has 0 aromatic carbocycles. The largest absolute Gasteiger partial charge is 0.349 e. The summed E-state index contributed by atoms with van der Waals surface area (Å²) in [5.41, 5.74) is 0. The highest BCUT2D eigenvalue weighted by atomic mass is 16.2. The summed E-state index contributed by atoms with van der Waals surface area (Å²) in [5, 5.41) is 0. The van der Waals surface area contributed by atoms with Crippen LogP contribution in [0.5, 0.6) is 0 Å². The van der Waals surface area contributed by atoms with Crippen LogP contribution in [-0.4, -0.2) is 24.9 Å². The molecule has 1 rings (SSSR count). The van der Waals surface area contributed by atoms with E-state index in [0.717, 1.165) is 12.3 Å². The van der Waals surface area contributed by atoms with Crippen molar-refractivity contribution in [3.05, 3.63) is 12.2 Å². The van der Waals surface area contributed by atoms with E-state index >= 15 is 0 Å². The number of hydrogen-bond acceptors (Lipinski definition) is 1. The van der Waals surface area contributed by atoms with E-state index in [2.05, 4.69) is 26.0 Å². The summed E-state index contributed by atoms with van der Waals surface area (Å²) < 4.78 is 0. The average molecular weight is 279 g/mol. The lowest BCUT2D eigenvalue weighted by molar-refractivity contribution is -0.134. The Hall–Kier alpha value is -0.790. The van der Waals surface area contributed by atoms with Gasteiger partial charge in [0.05, 0.1) is 0 Å². The highest BCUT2D eigenvalue weighted by Gasteiger charge is 2.22. The van der Waals surface area contributed by atoms with Gasteiger partial charge in [-0.3, -0.25) is 4.79 Å². The molecule has 1 atom stereocenters. The molecular weight excluding hydrogens is 246 g/mol. The Morgan fingerprint density at radius 1 is 1.10 bits per heavy atom. The first-order chi connectivity index (χ1) is 9.52. The van der Waals surface area contributed by atoms with Crippen molar-refractivity contribution in [3.8, 4) is 0 Å². The van der Waals surface area contributed by atoms with Gasteiger partial charge in [-0.05, 0) is 24.7 Å². The molecule has 0 aromatic heterocycles. The maximum absolute atomic E-state index is 12.1. The van der Waals surface area contributed by atoms with E-state index < -0.39 is 0 Å². The van der Waals surface area contributed by atoms with E-state index in [1.54, 1.807) is 4.90 Å². The Kier molecular flexibility index (Phi) is 7.94. The quantitative estimate of drug-likeness (QED) is 0.512. The van der Waals surface area contributed by atoms with Gasteiger partial charge in [-0.15, -0.1) is 0 Å². The van der Waals surface area contributed by atoms with E-state index in [4.69, 9.17) is 0 Å². The molecule has 0 spiro atoms. The number of carbonyl (C=O) groups excluding carboxylic acids is 1. The molecule has 20 heavy (non-hydrogen) atoms. The van der Waals surface area contributed by atoms with Gasteiger partial charge in [-0.2, -0.15) is 0 Å².